The van der Waals surface area contributed by atoms with Crippen LogP contribution in [0.4, 0.5) is 0 Å². The van der Waals surface area contributed by atoms with Gasteiger partial charge in [-0.15, -0.1) is 0 Å². The van der Waals surface area contributed by atoms with Gasteiger partial charge in [0.25, 0.3) is 0 Å². The van der Waals surface area contributed by atoms with Crippen molar-refractivity contribution in [3.8, 4) is 33.8 Å². The molecule has 0 bridgehead atoms. The molecule has 4 nitrogen and oxygen atoms in total. The smallest absolute Gasteiger partial charge is 0.159 e. The lowest BCUT2D eigenvalue weighted by Crippen LogP contribution is -2.34. The number of amidine groups is 2. The van der Waals surface area contributed by atoms with Gasteiger partial charge in [-0.3, -0.25) is 0 Å². The molecule has 0 radical (unpaired) electrons. The summed E-state index contributed by atoms with van der Waals surface area (Å²) < 4.78 is 6.61. The highest BCUT2D eigenvalue weighted by Gasteiger charge is 2.51. The molecular weight excluding hydrogens is 707 g/mol. The minimum atomic E-state index is -0.568. The summed E-state index contributed by atoms with van der Waals surface area (Å²) in [4.78, 5) is 10.7. The molecule has 1 N–H and O–H groups in total. The summed E-state index contributed by atoms with van der Waals surface area (Å²) in [7, 11) is 0. The van der Waals surface area contributed by atoms with Crippen LogP contribution in [0.1, 0.15) is 45.1 Å². The van der Waals surface area contributed by atoms with Crippen molar-refractivity contribution in [2.75, 3.05) is 0 Å². The van der Waals surface area contributed by atoms with Crippen molar-refractivity contribution in [3.63, 3.8) is 0 Å². The van der Waals surface area contributed by atoms with Gasteiger partial charge in [0.1, 0.15) is 23.5 Å². The molecule has 58 heavy (non-hydrogen) atoms. The third-order valence-corrected chi connectivity index (χ3v) is 12.2. The number of nitrogens with one attached hydrogen (secondary N) is 1. The molecule has 0 saturated heterocycles. The predicted molar refractivity (Wildman–Crippen MR) is 236 cm³/mol. The molecule has 1 unspecified atom stereocenters. The Hall–Kier alpha value is -7.56. The van der Waals surface area contributed by atoms with E-state index in [4.69, 9.17) is 14.7 Å². The molecule has 2 heterocycles. The number of para-hydroxylation sites is 2. The minimum absolute atomic E-state index is 0.421. The molecule has 1 spiro atoms. The molecule has 272 valence electrons. The molecule has 0 saturated carbocycles. The Balaban J connectivity index is 1.04. The van der Waals surface area contributed by atoms with E-state index < -0.39 is 11.6 Å². The zero-order chi connectivity index (χ0) is 38.2. The van der Waals surface area contributed by atoms with E-state index in [0.29, 0.717) is 5.84 Å². The fourth-order valence-electron chi connectivity index (χ4n) is 9.66. The van der Waals surface area contributed by atoms with Crippen LogP contribution in [-0.4, -0.2) is 11.7 Å². The zero-order valence-corrected chi connectivity index (χ0v) is 31.4. The van der Waals surface area contributed by atoms with Crippen LogP contribution in [0.25, 0.3) is 43.8 Å². The highest BCUT2D eigenvalue weighted by atomic mass is 16.5. The van der Waals surface area contributed by atoms with Crippen LogP contribution in [0.5, 0.6) is 11.5 Å². The van der Waals surface area contributed by atoms with E-state index >= 15 is 0 Å². The van der Waals surface area contributed by atoms with Gasteiger partial charge in [0.05, 0.1) is 5.41 Å². The van der Waals surface area contributed by atoms with Crippen LogP contribution in [0.15, 0.2) is 210 Å². The number of benzene rings is 9. The number of hydrogen-bond donors (Lipinski definition) is 1. The lowest BCUT2D eigenvalue weighted by molar-refractivity contribution is 0.436. The van der Waals surface area contributed by atoms with Crippen LogP contribution in [-0.2, 0) is 5.41 Å². The Morgan fingerprint density at radius 1 is 0.448 bits per heavy atom. The summed E-state index contributed by atoms with van der Waals surface area (Å²) in [5.41, 5.74) is 12.0. The molecule has 3 aliphatic rings. The molecular formula is C54H35N3O. The maximum atomic E-state index is 6.61. The predicted octanol–water partition coefficient (Wildman–Crippen LogP) is 12.6. The molecule has 9 aromatic carbocycles. The number of nitrogens with zero attached hydrogens (tertiary/aromatic N) is 2. The van der Waals surface area contributed by atoms with Crippen molar-refractivity contribution in [2.45, 2.75) is 11.6 Å². The highest BCUT2D eigenvalue weighted by Crippen LogP contribution is 2.62. The molecule has 0 fully saturated rings. The summed E-state index contributed by atoms with van der Waals surface area (Å²) in [6.07, 6.45) is -0.421. The maximum absolute atomic E-state index is 6.61. The molecule has 1 aliphatic carbocycles. The number of ether oxygens (including phenoxy) is 1. The lowest BCUT2D eigenvalue weighted by atomic mass is 9.66. The molecule has 12 rings (SSSR count). The average molecular weight is 742 g/mol. The van der Waals surface area contributed by atoms with Crippen molar-refractivity contribution >= 4 is 33.2 Å². The van der Waals surface area contributed by atoms with E-state index in [0.717, 1.165) is 56.1 Å². The summed E-state index contributed by atoms with van der Waals surface area (Å²) >= 11 is 0. The van der Waals surface area contributed by atoms with Crippen molar-refractivity contribution in [2.24, 2.45) is 9.98 Å². The minimum Gasteiger partial charge on any atom is -0.457 e. The zero-order valence-electron chi connectivity index (χ0n) is 31.4. The molecule has 2 aliphatic heterocycles. The molecule has 0 amide bonds. The molecule has 9 aromatic rings. The Bertz CT molecular complexity index is 3140. The van der Waals surface area contributed by atoms with Crippen molar-refractivity contribution in [1.29, 1.82) is 0 Å². The Morgan fingerprint density at radius 2 is 1.03 bits per heavy atom. The number of aliphatic imine (C=N–C) groups is 2. The standard InChI is InChI=1S/C54H35N3O/c1-2-15-38-33-39(32-27-34(38)13-1)52-55-51(37-30-28-36(29-31-37)41-19-11-16-35-14-3-4-17-40(35)41)56-53(57-52)43-20-12-24-47-50(43)42-18-5-6-21-44(42)54(47)45-22-7-9-25-48(45)58-49-26-10-8-23-46(49)54/h1-33,53H,(H,55,56,57). The van der Waals surface area contributed by atoms with E-state index in [-0.39, 0.29) is 0 Å². The lowest BCUT2D eigenvalue weighted by Gasteiger charge is -2.39. The largest absolute Gasteiger partial charge is 0.457 e. The highest BCUT2D eigenvalue weighted by molar-refractivity contribution is 6.14. The van der Waals surface area contributed by atoms with Gasteiger partial charge in [-0.25, -0.2) is 9.98 Å². The van der Waals surface area contributed by atoms with E-state index in [1.165, 1.54) is 44.0 Å². The van der Waals surface area contributed by atoms with Gasteiger partial charge in [-0.2, -0.15) is 0 Å². The van der Waals surface area contributed by atoms with E-state index in [2.05, 4.69) is 206 Å². The second-order valence-corrected chi connectivity index (χ2v) is 15.3. The molecule has 4 heteroatoms. The van der Waals surface area contributed by atoms with E-state index in [9.17, 15) is 0 Å². The first kappa shape index (κ1) is 32.7. The van der Waals surface area contributed by atoms with Crippen molar-refractivity contribution in [3.05, 3.63) is 239 Å². The van der Waals surface area contributed by atoms with Crippen molar-refractivity contribution in [1.82, 2.24) is 5.32 Å². The van der Waals surface area contributed by atoms with E-state index in [1.54, 1.807) is 0 Å². The Kier molecular flexibility index (Phi) is 7.17. The van der Waals surface area contributed by atoms with Gasteiger partial charge in [0.15, 0.2) is 5.84 Å². The monoisotopic (exact) mass is 741 g/mol. The van der Waals surface area contributed by atoms with Crippen LogP contribution in [0.2, 0.25) is 0 Å². The SMILES string of the molecule is c1ccc2c(c1)Oc1ccccc1C21c2ccccc2-c2c(C3N=C(c4ccc5ccccc5c4)N=C(c4ccc(-c5cccc6ccccc56)cc4)N3)cccc21. The number of rotatable bonds is 4. The molecule has 1 atom stereocenters. The van der Waals surface area contributed by atoms with Gasteiger partial charge in [-0.05, 0) is 73.1 Å². The van der Waals surface area contributed by atoms with Crippen LogP contribution < -0.4 is 10.1 Å². The van der Waals surface area contributed by atoms with Gasteiger partial charge in [0.2, 0.25) is 0 Å². The summed E-state index contributed by atoms with van der Waals surface area (Å²) in [6, 6.07) is 71.4. The number of hydrogen-bond acceptors (Lipinski definition) is 4. The first-order valence-corrected chi connectivity index (χ1v) is 19.8. The van der Waals surface area contributed by atoms with Gasteiger partial charge in [-0.1, -0.05) is 182 Å². The average Bonchev–Trinajstić information content (AvgIpc) is 3.59. The normalized spacial score (nSPS) is 15.7. The van der Waals surface area contributed by atoms with Crippen molar-refractivity contribution < 1.29 is 4.74 Å². The first-order valence-electron chi connectivity index (χ1n) is 19.8. The molecule has 0 aromatic heterocycles. The third-order valence-electron chi connectivity index (χ3n) is 12.2. The topological polar surface area (TPSA) is 46.0 Å². The van der Waals surface area contributed by atoms with Crippen LogP contribution in [0.3, 0.4) is 0 Å². The summed E-state index contributed by atoms with van der Waals surface area (Å²) in [5, 5.41) is 8.65. The van der Waals surface area contributed by atoms with Crippen LogP contribution in [0, 0.1) is 0 Å². The first-order chi connectivity index (χ1) is 28.7. The van der Waals surface area contributed by atoms with Gasteiger partial charge < -0.3 is 10.1 Å². The fourth-order valence-corrected chi connectivity index (χ4v) is 9.66. The Labute approximate surface area is 336 Å². The second-order valence-electron chi connectivity index (χ2n) is 15.3. The van der Waals surface area contributed by atoms with Crippen LogP contribution >= 0.6 is 0 Å². The Morgan fingerprint density at radius 3 is 1.84 bits per heavy atom. The quantitative estimate of drug-likeness (QED) is 0.195. The fraction of sp³-hybridized carbons (Fsp3) is 0.0370. The van der Waals surface area contributed by atoms with Gasteiger partial charge >= 0.3 is 0 Å². The van der Waals surface area contributed by atoms with E-state index in [1.807, 2.05) is 0 Å². The second kappa shape index (κ2) is 12.7. The summed E-state index contributed by atoms with van der Waals surface area (Å²) in [5.74, 6) is 3.24. The summed E-state index contributed by atoms with van der Waals surface area (Å²) in [6.45, 7) is 0. The third kappa shape index (κ3) is 4.82. The maximum Gasteiger partial charge on any atom is 0.159 e. The number of fused-ring (bicyclic) bond motifs is 11. The van der Waals surface area contributed by atoms with Gasteiger partial charge in [0, 0.05) is 27.8 Å².